The summed E-state index contributed by atoms with van der Waals surface area (Å²) >= 11 is 3.75. The van der Waals surface area contributed by atoms with E-state index >= 15 is 0 Å². The number of rotatable bonds is 11. The zero-order valence-corrected chi connectivity index (χ0v) is 16.3. The van der Waals surface area contributed by atoms with Crippen LogP contribution in [0.2, 0.25) is 0 Å². The van der Waals surface area contributed by atoms with Crippen molar-refractivity contribution in [2.45, 2.75) is 61.7 Å². The maximum Gasteiger partial charge on any atom is 0.0119 e. The van der Waals surface area contributed by atoms with Crippen LogP contribution in [-0.2, 0) is 0 Å². The van der Waals surface area contributed by atoms with Crippen molar-refractivity contribution in [2.75, 3.05) is 0 Å². The van der Waals surface area contributed by atoms with E-state index in [1.807, 2.05) is 23.5 Å². The standard InChI is InChI=1S/C22H28S2/c1-2-3-4-5-6-9-18-22(24-21-16-12-8-13-17-21)19-23-20-14-10-7-11-15-20/h7-8,10-17,19H,2-6,9,18H2,1H3/b22-19-. The molecule has 2 rings (SSSR count). The van der Waals surface area contributed by atoms with Gasteiger partial charge in [0.05, 0.1) is 0 Å². The van der Waals surface area contributed by atoms with E-state index in [0.29, 0.717) is 0 Å². The SMILES string of the molecule is CCCCCCCC/C(=C/Sc1ccccc1)Sc1ccccc1. The Hall–Kier alpha value is -1.12. The topological polar surface area (TPSA) is 0 Å². The van der Waals surface area contributed by atoms with Crippen molar-refractivity contribution in [3.05, 3.63) is 71.0 Å². The second-order valence-corrected chi connectivity index (χ2v) is 8.09. The first-order valence-electron chi connectivity index (χ1n) is 9.02. The van der Waals surface area contributed by atoms with E-state index in [1.165, 1.54) is 59.6 Å². The molecule has 0 saturated carbocycles. The third-order valence-corrected chi connectivity index (χ3v) is 6.03. The molecule has 0 spiro atoms. The largest absolute Gasteiger partial charge is 0.0972 e. The van der Waals surface area contributed by atoms with E-state index in [4.69, 9.17) is 0 Å². The van der Waals surface area contributed by atoms with E-state index in [1.54, 1.807) is 0 Å². The third kappa shape index (κ3) is 8.12. The van der Waals surface area contributed by atoms with Gasteiger partial charge in [-0.25, -0.2) is 0 Å². The van der Waals surface area contributed by atoms with Crippen LogP contribution in [0.4, 0.5) is 0 Å². The van der Waals surface area contributed by atoms with E-state index in [2.05, 4.69) is 73.0 Å². The smallest absolute Gasteiger partial charge is 0.0119 e. The normalized spacial score (nSPS) is 11.6. The van der Waals surface area contributed by atoms with Crippen molar-refractivity contribution in [2.24, 2.45) is 0 Å². The molecule has 0 heterocycles. The van der Waals surface area contributed by atoms with Crippen LogP contribution in [0.25, 0.3) is 0 Å². The quantitative estimate of drug-likeness (QED) is 0.294. The van der Waals surface area contributed by atoms with Gasteiger partial charge in [0.2, 0.25) is 0 Å². The van der Waals surface area contributed by atoms with Crippen molar-refractivity contribution < 1.29 is 0 Å². The van der Waals surface area contributed by atoms with Crippen LogP contribution in [0.3, 0.4) is 0 Å². The van der Waals surface area contributed by atoms with Crippen LogP contribution in [0.1, 0.15) is 51.9 Å². The Morgan fingerprint density at radius 1 is 0.750 bits per heavy atom. The fourth-order valence-electron chi connectivity index (χ4n) is 2.49. The summed E-state index contributed by atoms with van der Waals surface area (Å²) in [4.78, 5) is 4.13. The van der Waals surface area contributed by atoms with Crippen molar-refractivity contribution >= 4 is 23.5 Å². The molecule has 0 aliphatic rings. The first-order valence-corrected chi connectivity index (χ1v) is 10.7. The van der Waals surface area contributed by atoms with Crippen molar-refractivity contribution in [1.29, 1.82) is 0 Å². The number of unbranched alkanes of at least 4 members (excludes halogenated alkanes) is 5. The predicted octanol–water partition coefficient (Wildman–Crippen LogP) is 8.16. The van der Waals surface area contributed by atoms with Crippen LogP contribution in [-0.4, -0.2) is 0 Å². The number of thioether (sulfide) groups is 2. The lowest BCUT2D eigenvalue weighted by atomic mass is 10.1. The Balaban J connectivity index is 1.88. The molecule has 0 aliphatic carbocycles. The summed E-state index contributed by atoms with van der Waals surface area (Å²) in [5.41, 5.74) is 0. The third-order valence-electron chi connectivity index (χ3n) is 3.84. The summed E-state index contributed by atoms with van der Waals surface area (Å²) < 4.78 is 0. The molecule has 0 bridgehead atoms. The lowest BCUT2D eigenvalue weighted by Crippen LogP contribution is -1.83. The molecular formula is C22H28S2. The highest BCUT2D eigenvalue weighted by Crippen LogP contribution is 2.33. The van der Waals surface area contributed by atoms with E-state index in [-0.39, 0.29) is 0 Å². The lowest BCUT2D eigenvalue weighted by Gasteiger charge is -2.08. The van der Waals surface area contributed by atoms with Gasteiger partial charge in [0.1, 0.15) is 0 Å². The van der Waals surface area contributed by atoms with Gasteiger partial charge in [0, 0.05) is 9.79 Å². The molecule has 0 atom stereocenters. The Bertz CT molecular complexity index is 575. The molecule has 0 N–H and O–H groups in total. The highest BCUT2D eigenvalue weighted by atomic mass is 32.2. The van der Waals surface area contributed by atoms with Gasteiger partial charge in [0.15, 0.2) is 0 Å². The summed E-state index contributed by atoms with van der Waals surface area (Å²) in [6.45, 7) is 2.28. The molecule has 2 heteroatoms. The fourth-order valence-corrected chi connectivity index (χ4v) is 4.37. The highest BCUT2D eigenvalue weighted by molar-refractivity contribution is 8.06. The van der Waals surface area contributed by atoms with Crippen LogP contribution in [0.15, 0.2) is 80.8 Å². The minimum absolute atomic E-state index is 1.19. The molecule has 2 aromatic carbocycles. The van der Waals surface area contributed by atoms with Gasteiger partial charge in [0.25, 0.3) is 0 Å². The molecule has 0 radical (unpaired) electrons. The van der Waals surface area contributed by atoms with Gasteiger partial charge in [-0.3, -0.25) is 0 Å². The van der Waals surface area contributed by atoms with Crippen LogP contribution in [0.5, 0.6) is 0 Å². The molecule has 0 saturated heterocycles. The zero-order valence-electron chi connectivity index (χ0n) is 14.6. The molecule has 24 heavy (non-hydrogen) atoms. The van der Waals surface area contributed by atoms with Crippen molar-refractivity contribution in [1.82, 2.24) is 0 Å². The van der Waals surface area contributed by atoms with Crippen molar-refractivity contribution in [3.8, 4) is 0 Å². The predicted molar refractivity (Wildman–Crippen MR) is 111 cm³/mol. The number of benzene rings is 2. The van der Waals surface area contributed by atoms with E-state index in [0.717, 1.165) is 0 Å². The van der Waals surface area contributed by atoms with Gasteiger partial charge in [-0.1, -0.05) is 98.9 Å². The maximum absolute atomic E-state index is 2.35. The average Bonchev–Trinajstić information content (AvgIpc) is 2.64. The monoisotopic (exact) mass is 356 g/mol. The van der Waals surface area contributed by atoms with Crippen LogP contribution in [0, 0.1) is 0 Å². The van der Waals surface area contributed by atoms with Crippen molar-refractivity contribution in [3.63, 3.8) is 0 Å². The summed E-state index contributed by atoms with van der Waals surface area (Å²) in [6.07, 6.45) is 9.30. The first-order chi connectivity index (χ1) is 11.9. The summed E-state index contributed by atoms with van der Waals surface area (Å²) in [6, 6.07) is 21.4. The minimum atomic E-state index is 1.19. The average molecular weight is 357 g/mol. The number of allylic oxidation sites excluding steroid dienone is 1. The summed E-state index contributed by atoms with van der Waals surface area (Å²) in [5.74, 6) is 0. The van der Waals surface area contributed by atoms with E-state index in [9.17, 15) is 0 Å². The molecule has 0 fully saturated rings. The second kappa shape index (κ2) is 12.3. The molecule has 0 unspecified atom stereocenters. The Morgan fingerprint density at radius 3 is 2.00 bits per heavy atom. The minimum Gasteiger partial charge on any atom is -0.0972 e. The van der Waals surface area contributed by atoms with E-state index < -0.39 is 0 Å². The Labute approximate surface area is 156 Å². The molecule has 0 aliphatic heterocycles. The first kappa shape index (κ1) is 19.2. The number of hydrogen-bond donors (Lipinski definition) is 0. The highest BCUT2D eigenvalue weighted by Gasteiger charge is 2.02. The van der Waals surface area contributed by atoms with Gasteiger partial charge < -0.3 is 0 Å². The van der Waals surface area contributed by atoms with Crippen LogP contribution >= 0.6 is 23.5 Å². The maximum atomic E-state index is 2.35. The van der Waals surface area contributed by atoms with Gasteiger partial charge >= 0.3 is 0 Å². The zero-order chi connectivity index (χ0) is 16.9. The Kier molecular flexibility index (Phi) is 9.82. The molecule has 0 aromatic heterocycles. The van der Waals surface area contributed by atoms with Gasteiger partial charge in [-0.05, 0) is 47.4 Å². The molecule has 0 nitrogen and oxygen atoms in total. The van der Waals surface area contributed by atoms with Gasteiger partial charge in [-0.2, -0.15) is 0 Å². The number of hydrogen-bond acceptors (Lipinski definition) is 2. The molecular weight excluding hydrogens is 328 g/mol. The molecule has 2 aromatic rings. The molecule has 128 valence electrons. The van der Waals surface area contributed by atoms with Gasteiger partial charge in [-0.15, -0.1) is 0 Å². The summed E-state index contributed by atoms with van der Waals surface area (Å²) in [7, 11) is 0. The fraction of sp³-hybridized carbons (Fsp3) is 0.364. The molecule has 0 amide bonds. The van der Waals surface area contributed by atoms with Crippen LogP contribution < -0.4 is 0 Å². The lowest BCUT2D eigenvalue weighted by molar-refractivity contribution is 0.610. The summed E-state index contributed by atoms with van der Waals surface area (Å²) in [5, 5.41) is 2.35. The second-order valence-electron chi connectivity index (χ2n) is 5.95. The Morgan fingerprint density at radius 2 is 1.33 bits per heavy atom.